The van der Waals surface area contributed by atoms with Gasteiger partial charge >= 0.3 is 12.0 Å². The Bertz CT molecular complexity index is 1090. The van der Waals surface area contributed by atoms with Crippen LogP contribution >= 0.6 is 22.9 Å². The quantitative estimate of drug-likeness (QED) is 0.600. The Kier molecular flexibility index (Phi) is 6.19. The van der Waals surface area contributed by atoms with E-state index in [2.05, 4.69) is 15.7 Å². The molecule has 2 heterocycles. The predicted octanol–water partition coefficient (Wildman–Crippen LogP) is 3.11. The van der Waals surface area contributed by atoms with Gasteiger partial charge in [-0.25, -0.2) is 9.59 Å². The van der Waals surface area contributed by atoms with Crippen LogP contribution in [0, 0.1) is 6.92 Å². The number of imide groups is 1. The van der Waals surface area contributed by atoms with Gasteiger partial charge in [-0.05, 0) is 31.5 Å². The molecule has 0 bridgehead atoms. The summed E-state index contributed by atoms with van der Waals surface area (Å²) in [7, 11) is 1.38. The lowest BCUT2D eigenvalue weighted by atomic mass is 10.2. The van der Waals surface area contributed by atoms with Crippen molar-refractivity contribution in [2.75, 3.05) is 7.05 Å². The SMILES string of the molecule is CNC(=O)NC(=O)C(C)OC(=O)c1cc2c(C)nn(Cc3ccccc3Cl)c2s1. The van der Waals surface area contributed by atoms with Crippen LogP contribution in [0.5, 0.6) is 0 Å². The maximum atomic E-state index is 12.5. The Labute approximate surface area is 175 Å². The number of carbonyl (C=O) groups excluding carboxylic acids is 3. The first-order chi connectivity index (χ1) is 13.8. The van der Waals surface area contributed by atoms with Gasteiger partial charge in [0, 0.05) is 17.5 Å². The van der Waals surface area contributed by atoms with E-state index in [9.17, 15) is 14.4 Å². The number of rotatable bonds is 5. The molecule has 2 N–H and O–H groups in total. The maximum Gasteiger partial charge on any atom is 0.349 e. The second-order valence-electron chi connectivity index (χ2n) is 6.28. The lowest BCUT2D eigenvalue weighted by Crippen LogP contribution is -2.43. The topological polar surface area (TPSA) is 102 Å². The fraction of sp³-hybridized carbons (Fsp3) is 0.263. The molecule has 0 spiro atoms. The zero-order chi connectivity index (χ0) is 21.1. The summed E-state index contributed by atoms with van der Waals surface area (Å²) in [6.45, 7) is 3.71. The zero-order valence-electron chi connectivity index (χ0n) is 16.0. The number of nitrogens with zero attached hydrogens (tertiary/aromatic N) is 2. The minimum absolute atomic E-state index is 0.341. The Balaban J connectivity index is 1.79. The summed E-state index contributed by atoms with van der Waals surface area (Å²) < 4.78 is 6.98. The van der Waals surface area contributed by atoms with E-state index in [0.717, 1.165) is 21.5 Å². The van der Waals surface area contributed by atoms with Gasteiger partial charge in [0.05, 0.1) is 12.2 Å². The minimum Gasteiger partial charge on any atom is -0.448 e. The Morgan fingerprint density at radius 1 is 1.31 bits per heavy atom. The summed E-state index contributed by atoms with van der Waals surface area (Å²) in [5.74, 6) is -1.35. The fourth-order valence-corrected chi connectivity index (χ4v) is 3.90. The molecule has 0 fully saturated rings. The van der Waals surface area contributed by atoms with Gasteiger partial charge < -0.3 is 10.1 Å². The molecule has 3 amide bonds. The average Bonchev–Trinajstić information content (AvgIpc) is 3.25. The molecule has 0 aliphatic rings. The fourth-order valence-electron chi connectivity index (χ4n) is 2.66. The molecular formula is C19H19ClN4O4S. The average molecular weight is 435 g/mol. The maximum absolute atomic E-state index is 12.5. The highest BCUT2D eigenvalue weighted by Gasteiger charge is 2.23. The minimum atomic E-state index is -1.12. The number of aryl methyl sites for hydroxylation is 1. The number of thiophene rings is 1. The summed E-state index contributed by atoms with van der Waals surface area (Å²) in [4.78, 5) is 36.7. The summed E-state index contributed by atoms with van der Waals surface area (Å²) in [6, 6.07) is 8.51. The van der Waals surface area contributed by atoms with Gasteiger partial charge in [0.25, 0.3) is 5.91 Å². The van der Waals surface area contributed by atoms with E-state index >= 15 is 0 Å². The molecule has 0 radical (unpaired) electrons. The molecule has 1 unspecified atom stereocenters. The van der Waals surface area contributed by atoms with Gasteiger partial charge in [0.2, 0.25) is 0 Å². The number of benzene rings is 1. The molecule has 8 nitrogen and oxygen atoms in total. The molecule has 0 aliphatic carbocycles. The van der Waals surface area contributed by atoms with Gasteiger partial charge in [-0.3, -0.25) is 14.8 Å². The number of ether oxygens (including phenoxy) is 1. The smallest absolute Gasteiger partial charge is 0.349 e. The third-order valence-electron chi connectivity index (χ3n) is 4.20. The van der Waals surface area contributed by atoms with E-state index < -0.39 is 24.0 Å². The standard InChI is InChI=1S/C19H19ClN4O4S/c1-10-13-8-15(18(26)28-11(2)16(25)22-19(27)21-3)29-17(13)24(23-10)9-12-6-4-5-7-14(12)20/h4-8,11H,9H2,1-3H3,(H2,21,22,25,27). The first kappa shape index (κ1) is 20.8. The van der Waals surface area contributed by atoms with Crippen molar-refractivity contribution in [3.05, 3.63) is 51.5 Å². The van der Waals surface area contributed by atoms with Crippen LogP contribution < -0.4 is 10.6 Å². The van der Waals surface area contributed by atoms with Gasteiger partial charge in [-0.2, -0.15) is 5.10 Å². The van der Waals surface area contributed by atoms with Crippen LogP contribution in [0.15, 0.2) is 30.3 Å². The third-order valence-corrected chi connectivity index (χ3v) is 5.70. The van der Waals surface area contributed by atoms with Crippen molar-refractivity contribution < 1.29 is 19.1 Å². The lowest BCUT2D eigenvalue weighted by molar-refractivity contribution is -0.127. The second-order valence-corrected chi connectivity index (χ2v) is 7.72. The van der Waals surface area contributed by atoms with Crippen LogP contribution in [0.25, 0.3) is 10.2 Å². The Morgan fingerprint density at radius 2 is 2.03 bits per heavy atom. The van der Waals surface area contributed by atoms with E-state index in [1.54, 1.807) is 10.7 Å². The van der Waals surface area contributed by atoms with Crippen LogP contribution in [0.3, 0.4) is 0 Å². The first-order valence-corrected chi connectivity index (χ1v) is 9.93. The van der Waals surface area contributed by atoms with Crippen LogP contribution in [0.4, 0.5) is 4.79 Å². The summed E-state index contributed by atoms with van der Waals surface area (Å²) in [5, 5.41) is 10.3. The van der Waals surface area contributed by atoms with Crippen molar-refractivity contribution >= 4 is 51.1 Å². The molecule has 0 saturated heterocycles. The van der Waals surface area contributed by atoms with Crippen molar-refractivity contribution in [2.45, 2.75) is 26.5 Å². The zero-order valence-corrected chi connectivity index (χ0v) is 17.6. The molecule has 1 atom stereocenters. The third kappa shape index (κ3) is 4.57. The van der Waals surface area contributed by atoms with Gasteiger partial charge in [0.15, 0.2) is 6.10 Å². The molecule has 0 saturated carbocycles. The number of fused-ring (bicyclic) bond motifs is 1. The number of hydrogen-bond donors (Lipinski definition) is 2. The highest BCUT2D eigenvalue weighted by atomic mass is 35.5. The van der Waals surface area contributed by atoms with E-state index in [0.29, 0.717) is 16.4 Å². The Hall–Kier alpha value is -2.91. The van der Waals surface area contributed by atoms with Gasteiger partial charge in [0.1, 0.15) is 9.71 Å². The van der Waals surface area contributed by atoms with E-state index in [4.69, 9.17) is 16.3 Å². The lowest BCUT2D eigenvalue weighted by Gasteiger charge is -2.11. The highest BCUT2D eigenvalue weighted by molar-refractivity contribution is 7.20. The van der Waals surface area contributed by atoms with Crippen LogP contribution in [-0.4, -0.2) is 40.8 Å². The van der Waals surface area contributed by atoms with Crippen molar-refractivity contribution in [1.29, 1.82) is 0 Å². The molecule has 3 rings (SSSR count). The van der Waals surface area contributed by atoms with E-state index in [1.165, 1.54) is 25.3 Å². The monoisotopic (exact) mass is 434 g/mol. The number of urea groups is 1. The molecule has 152 valence electrons. The molecule has 0 aliphatic heterocycles. The van der Waals surface area contributed by atoms with Crippen molar-refractivity contribution in [1.82, 2.24) is 20.4 Å². The largest absolute Gasteiger partial charge is 0.448 e. The Morgan fingerprint density at radius 3 is 2.72 bits per heavy atom. The summed E-state index contributed by atoms with van der Waals surface area (Å²) >= 11 is 7.46. The number of esters is 1. The molecule has 10 heteroatoms. The molecular weight excluding hydrogens is 416 g/mol. The van der Waals surface area contributed by atoms with Crippen molar-refractivity contribution in [3.8, 4) is 0 Å². The van der Waals surface area contributed by atoms with Crippen LogP contribution in [-0.2, 0) is 16.1 Å². The summed E-state index contributed by atoms with van der Waals surface area (Å²) in [6.07, 6.45) is -1.12. The van der Waals surface area contributed by atoms with Crippen molar-refractivity contribution in [3.63, 3.8) is 0 Å². The van der Waals surface area contributed by atoms with E-state index in [1.807, 2.05) is 31.2 Å². The summed E-state index contributed by atoms with van der Waals surface area (Å²) in [5.41, 5.74) is 1.68. The number of hydrogen-bond acceptors (Lipinski definition) is 6. The van der Waals surface area contributed by atoms with E-state index in [-0.39, 0.29) is 0 Å². The van der Waals surface area contributed by atoms with Crippen molar-refractivity contribution in [2.24, 2.45) is 0 Å². The normalized spacial score (nSPS) is 11.9. The predicted molar refractivity (Wildman–Crippen MR) is 110 cm³/mol. The molecule has 29 heavy (non-hydrogen) atoms. The second kappa shape index (κ2) is 8.62. The molecule has 1 aromatic carbocycles. The number of amides is 3. The number of aromatic nitrogens is 2. The van der Waals surface area contributed by atoms with Crippen LogP contribution in [0.1, 0.15) is 27.9 Å². The molecule has 2 aromatic heterocycles. The van der Waals surface area contributed by atoms with Crippen LogP contribution in [0.2, 0.25) is 5.02 Å². The number of nitrogens with one attached hydrogen (secondary N) is 2. The van der Waals surface area contributed by atoms with Gasteiger partial charge in [-0.1, -0.05) is 29.8 Å². The highest BCUT2D eigenvalue weighted by Crippen LogP contribution is 2.30. The first-order valence-electron chi connectivity index (χ1n) is 8.74. The molecule has 3 aromatic rings. The number of carbonyl (C=O) groups is 3. The number of halogens is 1. The van der Waals surface area contributed by atoms with Gasteiger partial charge in [-0.15, -0.1) is 11.3 Å².